The maximum atomic E-state index is 5.91. The minimum atomic E-state index is 0.808. The summed E-state index contributed by atoms with van der Waals surface area (Å²) >= 11 is 0. The first-order chi connectivity index (χ1) is 11.2. The molecule has 0 atom stereocenters. The molecule has 23 heavy (non-hydrogen) atoms. The van der Waals surface area contributed by atoms with Crippen LogP contribution in [0.1, 0.15) is 56.2 Å². The average Bonchev–Trinajstić information content (AvgIpc) is 2.58. The van der Waals surface area contributed by atoms with Crippen molar-refractivity contribution in [3.05, 3.63) is 53.1 Å². The van der Waals surface area contributed by atoms with Gasteiger partial charge in [-0.3, -0.25) is 0 Å². The molecular formula is C22H30O. The van der Waals surface area contributed by atoms with E-state index in [4.69, 9.17) is 4.74 Å². The number of hydrogen-bond acceptors (Lipinski definition) is 1. The van der Waals surface area contributed by atoms with Crippen LogP contribution in [-0.4, -0.2) is 6.61 Å². The molecule has 2 aromatic rings. The number of aryl methyl sites for hydroxylation is 1. The predicted octanol–water partition coefficient (Wildman–Crippen LogP) is 6.49. The minimum absolute atomic E-state index is 0.808. The highest BCUT2D eigenvalue weighted by molar-refractivity contribution is 5.70. The largest absolute Gasteiger partial charge is 0.493 e. The molecule has 0 aliphatic heterocycles. The fourth-order valence-corrected chi connectivity index (χ4v) is 2.82. The van der Waals surface area contributed by atoms with Gasteiger partial charge in [-0.2, -0.15) is 0 Å². The first-order valence-corrected chi connectivity index (χ1v) is 8.99. The Morgan fingerprint density at radius 1 is 0.783 bits per heavy atom. The van der Waals surface area contributed by atoms with Crippen LogP contribution in [0, 0.1) is 13.8 Å². The molecule has 0 saturated heterocycles. The molecule has 0 spiro atoms. The zero-order chi connectivity index (χ0) is 16.7. The van der Waals surface area contributed by atoms with Gasteiger partial charge in [-0.15, -0.1) is 0 Å². The second kappa shape index (κ2) is 8.76. The van der Waals surface area contributed by atoms with Crippen molar-refractivity contribution in [3.8, 4) is 16.9 Å². The van der Waals surface area contributed by atoms with Gasteiger partial charge in [0.1, 0.15) is 5.75 Å². The number of rotatable bonds is 8. The van der Waals surface area contributed by atoms with Crippen LogP contribution in [0.5, 0.6) is 5.75 Å². The van der Waals surface area contributed by atoms with E-state index in [1.807, 2.05) is 0 Å². The van der Waals surface area contributed by atoms with E-state index in [0.717, 1.165) is 18.8 Å². The van der Waals surface area contributed by atoms with Crippen LogP contribution < -0.4 is 4.74 Å². The SMILES string of the molecule is CCCCOc1ccc(-c2ccc(CCCC)cc2)c(C)c1C. The standard InChI is InChI=1S/C22H30O/c1-5-7-9-19-10-12-20(13-11-19)21-14-15-22(18(4)17(21)3)23-16-8-6-2/h10-15H,5-9,16H2,1-4H3. The highest BCUT2D eigenvalue weighted by atomic mass is 16.5. The third-order valence-electron chi connectivity index (χ3n) is 4.58. The van der Waals surface area contributed by atoms with E-state index in [1.54, 1.807) is 0 Å². The lowest BCUT2D eigenvalue weighted by atomic mass is 9.95. The lowest BCUT2D eigenvalue weighted by Crippen LogP contribution is -2.00. The zero-order valence-corrected chi connectivity index (χ0v) is 15.1. The summed E-state index contributed by atoms with van der Waals surface area (Å²) in [4.78, 5) is 0. The first-order valence-electron chi connectivity index (χ1n) is 8.99. The van der Waals surface area contributed by atoms with E-state index in [0.29, 0.717) is 0 Å². The Bertz CT molecular complexity index is 611. The summed E-state index contributed by atoms with van der Waals surface area (Å²) < 4.78 is 5.91. The van der Waals surface area contributed by atoms with Crippen LogP contribution >= 0.6 is 0 Å². The molecule has 0 amide bonds. The van der Waals surface area contributed by atoms with E-state index in [1.165, 1.54) is 53.5 Å². The van der Waals surface area contributed by atoms with E-state index in [9.17, 15) is 0 Å². The summed E-state index contributed by atoms with van der Waals surface area (Å²) in [5, 5.41) is 0. The van der Waals surface area contributed by atoms with Gasteiger partial charge in [-0.1, -0.05) is 57.0 Å². The molecule has 0 unspecified atom stereocenters. The summed E-state index contributed by atoms with van der Waals surface area (Å²) in [6.07, 6.45) is 5.97. The van der Waals surface area contributed by atoms with Crippen LogP contribution in [0.25, 0.3) is 11.1 Å². The van der Waals surface area contributed by atoms with Gasteiger partial charge < -0.3 is 4.74 Å². The first kappa shape index (κ1) is 17.6. The minimum Gasteiger partial charge on any atom is -0.493 e. The van der Waals surface area contributed by atoms with Crippen molar-refractivity contribution in [1.82, 2.24) is 0 Å². The molecule has 1 heteroatoms. The lowest BCUT2D eigenvalue weighted by Gasteiger charge is -2.15. The monoisotopic (exact) mass is 310 g/mol. The topological polar surface area (TPSA) is 9.23 Å². The van der Waals surface area contributed by atoms with Gasteiger partial charge in [0.15, 0.2) is 0 Å². The Kier molecular flexibility index (Phi) is 6.70. The Labute approximate surface area is 141 Å². The molecule has 0 fully saturated rings. The number of ether oxygens (including phenoxy) is 1. The summed E-state index contributed by atoms with van der Waals surface area (Å²) in [7, 11) is 0. The molecule has 124 valence electrons. The number of hydrogen-bond donors (Lipinski definition) is 0. The fourth-order valence-electron chi connectivity index (χ4n) is 2.82. The van der Waals surface area contributed by atoms with Crippen molar-refractivity contribution in [2.45, 2.75) is 59.8 Å². The van der Waals surface area contributed by atoms with Gasteiger partial charge in [0.05, 0.1) is 6.61 Å². The van der Waals surface area contributed by atoms with Crippen LogP contribution in [0.3, 0.4) is 0 Å². The van der Waals surface area contributed by atoms with Crippen LogP contribution in [-0.2, 0) is 6.42 Å². The molecule has 0 aliphatic rings. The maximum Gasteiger partial charge on any atom is 0.122 e. The molecule has 0 aliphatic carbocycles. The normalized spacial score (nSPS) is 10.8. The van der Waals surface area contributed by atoms with E-state index < -0.39 is 0 Å². The quantitative estimate of drug-likeness (QED) is 0.506. The van der Waals surface area contributed by atoms with Gasteiger partial charge in [0.2, 0.25) is 0 Å². The fraction of sp³-hybridized carbons (Fsp3) is 0.455. The van der Waals surface area contributed by atoms with E-state index in [2.05, 4.69) is 64.1 Å². The second-order valence-corrected chi connectivity index (χ2v) is 6.36. The van der Waals surface area contributed by atoms with Gasteiger partial charge >= 0.3 is 0 Å². The Balaban J connectivity index is 2.18. The second-order valence-electron chi connectivity index (χ2n) is 6.36. The zero-order valence-electron chi connectivity index (χ0n) is 15.1. The van der Waals surface area contributed by atoms with Crippen molar-refractivity contribution in [1.29, 1.82) is 0 Å². The highest BCUT2D eigenvalue weighted by Gasteiger charge is 2.09. The predicted molar refractivity (Wildman–Crippen MR) is 100 cm³/mol. The molecule has 0 N–H and O–H groups in total. The summed E-state index contributed by atoms with van der Waals surface area (Å²) in [6, 6.07) is 13.4. The van der Waals surface area contributed by atoms with Crippen molar-refractivity contribution < 1.29 is 4.74 Å². The van der Waals surface area contributed by atoms with E-state index in [-0.39, 0.29) is 0 Å². The van der Waals surface area contributed by atoms with Crippen molar-refractivity contribution in [3.63, 3.8) is 0 Å². The number of unbranched alkanes of at least 4 members (excludes halogenated alkanes) is 2. The third kappa shape index (κ3) is 4.60. The van der Waals surface area contributed by atoms with Gasteiger partial charge in [0, 0.05) is 0 Å². The lowest BCUT2D eigenvalue weighted by molar-refractivity contribution is 0.307. The molecule has 2 aromatic carbocycles. The molecule has 2 rings (SSSR count). The number of benzene rings is 2. The summed E-state index contributed by atoms with van der Waals surface area (Å²) in [6.45, 7) is 9.60. The van der Waals surface area contributed by atoms with Gasteiger partial charge in [-0.25, -0.2) is 0 Å². The molecule has 0 saturated carbocycles. The summed E-state index contributed by atoms with van der Waals surface area (Å²) in [5.41, 5.74) is 6.62. The Hall–Kier alpha value is -1.76. The highest BCUT2D eigenvalue weighted by Crippen LogP contribution is 2.31. The van der Waals surface area contributed by atoms with E-state index >= 15 is 0 Å². The molecule has 1 nitrogen and oxygen atoms in total. The summed E-state index contributed by atoms with van der Waals surface area (Å²) in [5.74, 6) is 1.03. The van der Waals surface area contributed by atoms with Crippen LogP contribution in [0.2, 0.25) is 0 Å². The maximum absolute atomic E-state index is 5.91. The Morgan fingerprint density at radius 3 is 2.13 bits per heavy atom. The van der Waals surface area contributed by atoms with Gasteiger partial charge in [0.25, 0.3) is 0 Å². The molecular weight excluding hydrogens is 280 g/mol. The molecule has 0 radical (unpaired) electrons. The van der Waals surface area contributed by atoms with Gasteiger partial charge in [-0.05, 0) is 67.0 Å². The van der Waals surface area contributed by atoms with Crippen molar-refractivity contribution in [2.24, 2.45) is 0 Å². The smallest absolute Gasteiger partial charge is 0.122 e. The third-order valence-corrected chi connectivity index (χ3v) is 4.58. The van der Waals surface area contributed by atoms with Crippen molar-refractivity contribution >= 4 is 0 Å². The molecule has 0 heterocycles. The van der Waals surface area contributed by atoms with Crippen LogP contribution in [0.15, 0.2) is 36.4 Å². The van der Waals surface area contributed by atoms with Crippen LogP contribution in [0.4, 0.5) is 0 Å². The Morgan fingerprint density at radius 2 is 1.48 bits per heavy atom. The van der Waals surface area contributed by atoms with Crippen molar-refractivity contribution in [2.75, 3.05) is 6.61 Å². The molecule has 0 bridgehead atoms. The average molecular weight is 310 g/mol. The molecule has 0 aromatic heterocycles.